The van der Waals surface area contributed by atoms with Crippen molar-refractivity contribution in [3.63, 3.8) is 0 Å². The fraction of sp³-hybridized carbons (Fsp3) is 1.00. The van der Waals surface area contributed by atoms with E-state index in [2.05, 4.69) is 5.32 Å². The second-order valence-electron chi connectivity index (χ2n) is 10.9. The zero-order chi connectivity index (χ0) is 21.0. The van der Waals surface area contributed by atoms with Crippen LogP contribution in [0.3, 0.4) is 0 Å². The second kappa shape index (κ2) is 19.6. The Kier molecular flexibility index (Phi) is 17.2. The summed E-state index contributed by atoms with van der Waals surface area (Å²) in [5, 5.41) is 3.94. The van der Waals surface area contributed by atoms with Gasteiger partial charge in [-0.3, -0.25) is 0 Å². The molecule has 2 rings (SSSR count). The molecule has 30 heavy (non-hydrogen) atoms. The lowest BCUT2D eigenvalue weighted by atomic mass is 9.89. The Morgan fingerprint density at radius 2 is 0.800 bits per heavy atom. The molecule has 2 aliphatic carbocycles. The molecule has 2 fully saturated rings. The molecule has 178 valence electrons. The fourth-order valence-corrected chi connectivity index (χ4v) is 5.94. The summed E-state index contributed by atoms with van der Waals surface area (Å²) in [5.41, 5.74) is 0. The quantitative estimate of drug-likeness (QED) is 0.386. The number of hydrogen-bond donors (Lipinski definition) is 1. The molecule has 0 aromatic heterocycles. The average molecular weight is 420 g/mol. The third-order valence-electron chi connectivity index (χ3n) is 8.05. The van der Waals surface area contributed by atoms with E-state index in [-0.39, 0.29) is 0 Å². The van der Waals surface area contributed by atoms with Gasteiger partial charge in [-0.15, -0.1) is 0 Å². The Bertz CT molecular complexity index is 328. The SMILES string of the molecule is C1CCCCCC(CCCCCCNC2CCCCCCCCCC2)CCCCC1. The summed E-state index contributed by atoms with van der Waals surface area (Å²) in [6.45, 7) is 1.27. The van der Waals surface area contributed by atoms with E-state index in [1.165, 1.54) is 173 Å². The summed E-state index contributed by atoms with van der Waals surface area (Å²) in [5.74, 6) is 1.05. The molecule has 1 nitrogen and oxygen atoms in total. The van der Waals surface area contributed by atoms with E-state index in [1.54, 1.807) is 0 Å². The molecule has 0 saturated heterocycles. The lowest BCUT2D eigenvalue weighted by Crippen LogP contribution is -2.30. The Hall–Kier alpha value is -0.0400. The van der Waals surface area contributed by atoms with Crippen LogP contribution in [-0.4, -0.2) is 12.6 Å². The molecule has 2 saturated carbocycles. The van der Waals surface area contributed by atoms with Crippen molar-refractivity contribution < 1.29 is 0 Å². The lowest BCUT2D eigenvalue weighted by Gasteiger charge is -2.19. The average Bonchev–Trinajstić information content (AvgIpc) is 2.80. The summed E-state index contributed by atoms with van der Waals surface area (Å²) >= 11 is 0. The second-order valence-corrected chi connectivity index (χ2v) is 10.9. The third-order valence-corrected chi connectivity index (χ3v) is 8.05. The van der Waals surface area contributed by atoms with Crippen molar-refractivity contribution in [2.24, 2.45) is 5.92 Å². The van der Waals surface area contributed by atoms with Crippen molar-refractivity contribution in [1.82, 2.24) is 5.32 Å². The number of nitrogens with one attached hydrogen (secondary N) is 1. The highest BCUT2D eigenvalue weighted by Gasteiger charge is 2.10. The van der Waals surface area contributed by atoms with Gasteiger partial charge in [-0.25, -0.2) is 0 Å². The van der Waals surface area contributed by atoms with Gasteiger partial charge >= 0.3 is 0 Å². The van der Waals surface area contributed by atoms with Gasteiger partial charge < -0.3 is 5.32 Å². The van der Waals surface area contributed by atoms with Crippen molar-refractivity contribution in [2.75, 3.05) is 6.54 Å². The van der Waals surface area contributed by atoms with Crippen LogP contribution in [0.15, 0.2) is 0 Å². The minimum absolute atomic E-state index is 0.819. The largest absolute Gasteiger partial charge is 0.314 e. The minimum Gasteiger partial charge on any atom is -0.314 e. The van der Waals surface area contributed by atoms with E-state index in [9.17, 15) is 0 Å². The number of hydrogen-bond acceptors (Lipinski definition) is 1. The Balaban J connectivity index is 1.48. The molecule has 0 aliphatic heterocycles. The monoisotopic (exact) mass is 419 g/mol. The zero-order valence-corrected chi connectivity index (χ0v) is 20.7. The molecule has 0 aromatic rings. The van der Waals surface area contributed by atoms with E-state index >= 15 is 0 Å². The van der Waals surface area contributed by atoms with Crippen molar-refractivity contribution in [3.8, 4) is 0 Å². The van der Waals surface area contributed by atoms with Crippen LogP contribution in [0.5, 0.6) is 0 Å². The summed E-state index contributed by atoms with van der Waals surface area (Å²) in [6, 6.07) is 0.819. The van der Waals surface area contributed by atoms with E-state index in [0.717, 1.165) is 12.0 Å². The van der Waals surface area contributed by atoms with Crippen LogP contribution in [0.4, 0.5) is 0 Å². The van der Waals surface area contributed by atoms with Crippen LogP contribution in [0, 0.1) is 5.92 Å². The molecule has 0 atom stereocenters. The Labute approximate surface area is 190 Å². The molecule has 0 radical (unpaired) electrons. The topological polar surface area (TPSA) is 12.0 Å². The van der Waals surface area contributed by atoms with E-state index in [0.29, 0.717) is 0 Å². The van der Waals surface area contributed by atoms with Gasteiger partial charge in [0.25, 0.3) is 0 Å². The summed E-state index contributed by atoms with van der Waals surface area (Å²) in [6.07, 6.45) is 38.6. The molecule has 0 aromatic carbocycles. The molecule has 1 heteroatoms. The first-order valence-corrected chi connectivity index (χ1v) is 14.7. The summed E-state index contributed by atoms with van der Waals surface area (Å²) in [4.78, 5) is 0. The first-order chi connectivity index (χ1) is 14.9. The highest BCUT2D eigenvalue weighted by atomic mass is 14.9. The standard InChI is InChI=1S/C29H57N/c1-2-6-10-16-22-28(23-17-11-7-3-1)24-18-14-15-21-27-30-29-25-19-12-8-4-5-9-13-20-26-29/h28-30H,1-27H2. The highest BCUT2D eigenvalue weighted by Crippen LogP contribution is 2.25. The molecule has 1 N–H and O–H groups in total. The van der Waals surface area contributed by atoms with Crippen molar-refractivity contribution in [2.45, 2.75) is 173 Å². The van der Waals surface area contributed by atoms with Crippen LogP contribution >= 0.6 is 0 Å². The molecule has 0 heterocycles. The van der Waals surface area contributed by atoms with Crippen LogP contribution < -0.4 is 5.32 Å². The Morgan fingerprint density at radius 1 is 0.400 bits per heavy atom. The normalized spacial score (nSPS) is 23.2. The van der Waals surface area contributed by atoms with Gasteiger partial charge in [0.05, 0.1) is 0 Å². The van der Waals surface area contributed by atoms with Crippen LogP contribution in [0.2, 0.25) is 0 Å². The minimum atomic E-state index is 0.819. The summed E-state index contributed by atoms with van der Waals surface area (Å²) in [7, 11) is 0. The fourth-order valence-electron chi connectivity index (χ4n) is 5.94. The van der Waals surface area contributed by atoms with Gasteiger partial charge in [-0.05, 0) is 31.7 Å². The molecule has 0 unspecified atom stereocenters. The molecule has 0 bridgehead atoms. The first kappa shape index (κ1) is 26.2. The number of rotatable bonds is 8. The van der Waals surface area contributed by atoms with Crippen LogP contribution in [0.1, 0.15) is 167 Å². The predicted octanol–water partition coefficient (Wildman–Crippen LogP) is 9.73. The van der Waals surface area contributed by atoms with E-state index < -0.39 is 0 Å². The zero-order valence-electron chi connectivity index (χ0n) is 20.7. The lowest BCUT2D eigenvalue weighted by molar-refractivity contribution is 0.359. The van der Waals surface area contributed by atoms with Crippen LogP contribution in [0.25, 0.3) is 0 Å². The number of unbranched alkanes of at least 4 members (excludes halogenated alkanes) is 3. The smallest absolute Gasteiger partial charge is 0.00670 e. The maximum atomic E-state index is 3.94. The maximum Gasteiger partial charge on any atom is 0.00670 e. The predicted molar refractivity (Wildman–Crippen MR) is 135 cm³/mol. The van der Waals surface area contributed by atoms with Gasteiger partial charge in [0.2, 0.25) is 0 Å². The van der Waals surface area contributed by atoms with Gasteiger partial charge in [-0.2, -0.15) is 0 Å². The van der Waals surface area contributed by atoms with Crippen molar-refractivity contribution in [3.05, 3.63) is 0 Å². The Morgan fingerprint density at radius 3 is 1.30 bits per heavy atom. The first-order valence-electron chi connectivity index (χ1n) is 14.7. The van der Waals surface area contributed by atoms with Gasteiger partial charge in [0, 0.05) is 6.04 Å². The van der Waals surface area contributed by atoms with E-state index in [4.69, 9.17) is 0 Å². The van der Waals surface area contributed by atoms with Gasteiger partial charge in [0.1, 0.15) is 0 Å². The van der Waals surface area contributed by atoms with Gasteiger partial charge in [0.15, 0.2) is 0 Å². The third kappa shape index (κ3) is 14.9. The van der Waals surface area contributed by atoms with E-state index in [1.807, 2.05) is 0 Å². The molecule has 2 aliphatic rings. The summed E-state index contributed by atoms with van der Waals surface area (Å²) < 4.78 is 0. The van der Waals surface area contributed by atoms with Crippen LogP contribution in [-0.2, 0) is 0 Å². The van der Waals surface area contributed by atoms with Gasteiger partial charge in [-0.1, -0.05) is 148 Å². The maximum absolute atomic E-state index is 3.94. The molecular weight excluding hydrogens is 362 g/mol. The van der Waals surface area contributed by atoms with Crippen molar-refractivity contribution >= 4 is 0 Å². The highest BCUT2D eigenvalue weighted by molar-refractivity contribution is 4.69. The molecule has 0 amide bonds. The molecular formula is C29H57N. The van der Waals surface area contributed by atoms with Crippen molar-refractivity contribution in [1.29, 1.82) is 0 Å². The molecule has 0 spiro atoms.